The van der Waals surface area contributed by atoms with Crippen molar-refractivity contribution in [1.29, 1.82) is 0 Å². The first-order valence-corrected chi connectivity index (χ1v) is 11.9. The van der Waals surface area contributed by atoms with E-state index in [1.54, 1.807) is 0 Å². The lowest BCUT2D eigenvalue weighted by Crippen LogP contribution is -2.65. The van der Waals surface area contributed by atoms with E-state index < -0.39 is 11.6 Å². The van der Waals surface area contributed by atoms with Crippen molar-refractivity contribution in [2.24, 2.45) is 11.8 Å². The lowest BCUT2D eigenvalue weighted by molar-refractivity contribution is -0.946. The first-order chi connectivity index (χ1) is 13.6. The van der Waals surface area contributed by atoms with Gasteiger partial charge in [-0.2, -0.15) is 0 Å². The molecule has 0 unspecified atom stereocenters. The maximum absolute atomic E-state index is 13.4. The van der Waals surface area contributed by atoms with E-state index in [2.05, 4.69) is 0 Å². The number of thiophene rings is 1. The number of hydrogen-bond donors (Lipinski definition) is 2. The average molecular weight is 409 g/mol. The van der Waals surface area contributed by atoms with Gasteiger partial charge in [-0.1, -0.05) is 18.9 Å². The summed E-state index contributed by atoms with van der Waals surface area (Å²) >= 11 is 1.46. The number of hydrogen-bond acceptors (Lipinski definition) is 5. The average Bonchev–Trinajstić information content (AvgIpc) is 3.43. The Balaban J connectivity index is 1.48. The van der Waals surface area contributed by atoms with Crippen molar-refractivity contribution in [2.75, 3.05) is 32.8 Å². The van der Waals surface area contributed by atoms with Crippen molar-refractivity contribution in [3.63, 3.8) is 0 Å². The highest BCUT2D eigenvalue weighted by Crippen LogP contribution is 2.44. The summed E-state index contributed by atoms with van der Waals surface area (Å²) in [5.74, 6) is -0.0282. The number of fused-ring (bicyclic) bond motifs is 3. The Bertz CT molecular complexity index is 650. The fourth-order valence-electron chi connectivity index (χ4n) is 5.76. The van der Waals surface area contributed by atoms with Gasteiger partial charge in [0.25, 0.3) is 0 Å². The van der Waals surface area contributed by atoms with Gasteiger partial charge in [-0.15, -0.1) is 11.3 Å². The largest absolute Gasteiger partial charge is 0.454 e. The summed E-state index contributed by atoms with van der Waals surface area (Å²) in [7, 11) is 0. The predicted molar refractivity (Wildman–Crippen MR) is 109 cm³/mol. The summed E-state index contributed by atoms with van der Waals surface area (Å²) in [5, 5.41) is 22.6. The van der Waals surface area contributed by atoms with Crippen LogP contribution in [0.1, 0.15) is 56.2 Å². The normalized spacial score (nSPS) is 32.4. The van der Waals surface area contributed by atoms with Gasteiger partial charge in [0, 0.05) is 36.2 Å². The van der Waals surface area contributed by atoms with Gasteiger partial charge in [-0.3, -0.25) is 0 Å². The quantitative estimate of drug-likeness (QED) is 0.394. The smallest absolute Gasteiger partial charge is 0.344 e. The standard InChI is InChI=1S/C22H34NO4S/c24-14-4-3-11-23-12-9-17(10-13-23)19(16-23)27-21(25)22(26,18-6-1-2-7-18)20-8-5-15-28-20/h5,8,15,17-19,24,26H,1-4,6-7,9-14,16H2/q+1/t17?,19-,22+,23?/m0/s1. The first-order valence-electron chi connectivity index (χ1n) is 11.0. The van der Waals surface area contributed by atoms with E-state index in [1.807, 2.05) is 17.5 Å². The molecule has 0 amide bonds. The Kier molecular flexibility index (Phi) is 6.12. The molecule has 4 aliphatic rings. The number of quaternary nitrogens is 1. The molecule has 1 aromatic rings. The third-order valence-corrected chi connectivity index (χ3v) is 8.49. The molecule has 2 N–H and O–H groups in total. The molecule has 5 rings (SSSR count). The van der Waals surface area contributed by atoms with Gasteiger partial charge < -0.3 is 19.4 Å². The topological polar surface area (TPSA) is 66.8 Å². The van der Waals surface area contributed by atoms with Crippen LogP contribution in [0.2, 0.25) is 0 Å². The summed E-state index contributed by atoms with van der Waals surface area (Å²) < 4.78 is 7.12. The number of ether oxygens (including phenoxy) is 1. The zero-order chi connectivity index (χ0) is 19.6. The SMILES string of the molecule is O=C(O[C@H]1C[N+]2(CCCCO)CCC1CC2)[C@](O)(c1cccs1)C1CCCC1. The Labute approximate surface area is 171 Å². The van der Waals surface area contributed by atoms with E-state index in [9.17, 15) is 9.90 Å². The van der Waals surface area contributed by atoms with Crippen LogP contribution in [0.25, 0.3) is 0 Å². The lowest BCUT2D eigenvalue weighted by Gasteiger charge is -2.52. The number of aliphatic hydroxyl groups is 2. The van der Waals surface area contributed by atoms with Crippen LogP contribution in [0, 0.1) is 11.8 Å². The van der Waals surface area contributed by atoms with Crippen LogP contribution in [-0.2, 0) is 15.1 Å². The molecule has 0 spiro atoms. The molecule has 4 heterocycles. The molecule has 2 bridgehead atoms. The van der Waals surface area contributed by atoms with Gasteiger partial charge >= 0.3 is 5.97 Å². The van der Waals surface area contributed by atoms with Crippen molar-refractivity contribution < 1.29 is 24.2 Å². The van der Waals surface area contributed by atoms with Gasteiger partial charge in [0.2, 0.25) is 0 Å². The van der Waals surface area contributed by atoms with E-state index in [0.717, 1.165) is 86.9 Å². The first kappa shape index (κ1) is 20.3. The van der Waals surface area contributed by atoms with Gasteiger partial charge in [0.1, 0.15) is 6.54 Å². The highest BCUT2D eigenvalue weighted by molar-refractivity contribution is 7.10. The number of piperidine rings is 3. The van der Waals surface area contributed by atoms with Crippen molar-refractivity contribution in [2.45, 2.75) is 63.1 Å². The van der Waals surface area contributed by atoms with Crippen molar-refractivity contribution in [3.8, 4) is 0 Å². The second kappa shape index (κ2) is 8.42. The highest BCUT2D eigenvalue weighted by Gasteiger charge is 2.52. The molecule has 156 valence electrons. The molecule has 28 heavy (non-hydrogen) atoms. The lowest BCUT2D eigenvalue weighted by atomic mass is 9.82. The number of rotatable bonds is 8. The summed E-state index contributed by atoms with van der Waals surface area (Å²) in [6, 6.07) is 3.78. The van der Waals surface area contributed by atoms with Crippen molar-refractivity contribution in [1.82, 2.24) is 0 Å². The van der Waals surface area contributed by atoms with Crippen LogP contribution >= 0.6 is 11.3 Å². The second-order valence-electron chi connectivity index (χ2n) is 9.13. The molecule has 1 aliphatic carbocycles. The number of unbranched alkanes of at least 4 members (excludes halogenated alkanes) is 1. The molecule has 3 aliphatic heterocycles. The zero-order valence-electron chi connectivity index (χ0n) is 16.7. The summed E-state index contributed by atoms with van der Waals surface area (Å²) in [4.78, 5) is 14.1. The number of carbonyl (C=O) groups is 1. The molecular weight excluding hydrogens is 374 g/mol. The fraction of sp³-hybridized carbons (Fsp3) is 0.773. The maximum atomic E-state index is 13.4. The van der Waals surface area contributed by atoms with E-state index in [-0.39, 0.29) is 18.6 Å². The summed E-state index contributed by atoms with van der Waals surface area (Å²) in [5.41, 5.74) is -1.49. The minimum absolute atomic E-state index is 0.0348. The van der Waals surface area contributed by atoms with E-state index in [4.69, 9.17) is 9.84 Å². The molecule has 6 heteroatoms. The molecule has 1 aromatic heterocycles. The highest BCUT2D eigenvalue weighted by atomic mass is 32.1. The van der Waals surface area contributed by atoms with Crippen LogP contribution in [0.5, 0.6) is 0 Å². The minimum Gasteiger partial charge on any atom is -0.454 e. The molecule has 3 saturated heterocycles. The maximum Gasteiger partial charge on any atom is 0.344 e. The van der Waals surface area contributed by atoms with Crippen LogP contribution in [0.15, 0.2) is 17.5 Å². The molecule has 2 atom stereocenters. The monoisotopic (exact) mass is 408 g/mol. The van der Waals surface area contributed by atoms with E-state index in [1.165, 1.54) is 11.3 Å². The van der Waals surface area contributed by atoms with Crippen LogP contribution in [0.3, 0.4) is 0 Å². The molecular formula is C22H34NO4S+. The molecule has 0 radical (unpaired) electrons. The number of nitrogens with zero attached hydrogens (tertiary/aromatic N) is 1. The van der Waals surface area contributed by atoms with Crippen molar-refractivity contribution in [3.05, 3.63) is 22.4 Å². The third kappa shape index (κ3) is 3.76. The predicted octanol–water partition coefficient (Wildman–Crippen LogP) is 3.05. The Morgan fingerprint density at radius 3 is 2.61 bits per heavy atom. The Morgan fingerprint density at radius 1 is 1.21 bits per heavy atom. The molecule has 1 saturated carbocycles. The Morgan fingerprint density at radius 2 is 1.96 bits per heavy atom. The second-order valence-corrected chi connectivity index (χ2v) is 10.1. The van der Waals surface area contributed by atoms with Gasteiger partial charge in [-0.25, -0.2) is 4.79 Å². The fourth-order valence-corrected chi connectivity index (χ4v) is 6.65. The molecule has 5 nitrogen and oxygen atoms in total. The van der Waals surface area contributed by atoms with Crippen LogP contribution in [-0.4, -0.2) is 59.6 Å². The number of esters is 1. The minimum atomic E-state index is -1.49. The van der Waals surface area contributed by atoms with Crippen LogP contribution in [0.4, 0.5) is 0 Å². The van der Waals surface area contributed by atoms with E-state index in [0.29, 0.717) is 5.92 Å². The zero-order valence-corrected chi connectivity index (χ0v) is 17.5. The summed E-state index contributed by atoms with van der Waals surface area (Å²) in [6.07, 6.45) is 7.88. The third-order valence-electron chi connectivity index (χ3n) is 7.49. The van der Waals surface area contributed by atoms with Crippen molar-refractivity contribution >= 4 is 17.3 Å². The van der Waals surface area contributed by atoms with Gasteiger partial charge in [0.05, 0.1) is 19.6 Å². The molecule has 4 fully saturated rings. The number of carbonyl (C=O) groups excluding carboxylic acids is 1. The van der Waals surface area contributed by atoms with Gasteiger partial charge in [0.15, 0.2) is 11.7 Å². The van der Waals surface area contributed by atoms with Crippen LogP contribution < -0.4 is 0 Å². The van der Waals surface area contributed by atoms with E-state index >= 15 is 0 Å². The molecule has 0 aromatic carbocycles. The Hall–Kier alpha value is -0.950. The summed E-state index contributed by atoms with van der Waals surface area (Å²) in [6.45, 7) is 4.48. The van der Waals surface area contributed by atoms with Gasteiger partial charge in [-0.05, 0) is 37.1 Å². The number of aliphatic hydroxyl groups excluding tert-OH is 1.